The number of carbonyl (C=O) groups excluding carboxylic acids is 1. The Kier molecular flexibility index (Phi) is 6.89. The first-order valence-electron chi connectivity index (χ1n) is 9.58. The molecular formula is C22H24N2O6S. The molecule has 1 heterocycles. The lowest BCUT2D eigenvalue weighted by Gasteiger charge is -2.22. The monoisotopic (exact) mass is 444 g/mol. The van der Waals surface area contributed by atoms with Crippen LogP contribution in [0, 0.1) is 0 Å². The molecule has 0 aliphatic rings. The number of rotatable bonds is 8. The second-order valence-corrected chi connectivity index (χ2v) is 8.94. The Morgan fingerprint density at radius 3 is 2.61 bits per heavy atom. The molecule has 0 saturated heterocycles. The highest BCUT2D eigenvalue weighted by molar-refractivity contribution is 7.18. The Balaban J connectivity index is 1.84. The number of carboxylic acid groups (broad SMARTS) is 1. The van der Waals surface area contributed by atoms with E-state index in [-0.39, 0.29) is 19.1 Å². The summed E-state index contributed by atoms with van der Waals surface area (Å²) in [6, 6.07) is 10.3. The van der Waals surface area contributed by atoms with E-state index in [9.17, 15) is 14.7 Å². The van der Waals surface area contributed by atoms with Gasteiger partial charge in [0.15, 0.2) is 0 Å². The molecule has 31 heavy (non-hydrogen) atoms. The van der Waals surface area contributed by atoms with Crippen molar-refractivity contribution in [3.63, 3.8) is 0 Å². The molecular weight excluding hydrogens is 420 g/mol. The highest BCUT2D eigenvalue weighted by atomic mass is 32.1. The van der Waals surface area contributed by atoms with Gasteiger partial charge in [0.05, 0.1) is 23.4 Å². The summed E-state index contributed by atoms with van der Waals surface area (Å²) in [6.07, 6.45) is 0. The summed E-state index contributed by atoms with van der Waals surface area (Å²) in [5, 5.41) is 21.5. The quantitative estimate of drug-likeness (QED) is 0.483. The number of aliphatic carboxylic acids is 1. The van der Waals surface area contributed by atoms with Crippen LogP contribution in [0.2, 0.25) is 0 Å². The minimum Gasteiger partial charge on any atom is -0.488 e. The van der Waals surface area contributed by atoms with Crippen molar-refractivity contribution >= 4 is 39.1 Å². The van der Waals surface area contributed by atoms with Gasteiger partial charge in [0.2, 0.25) is 0 Å². The van der Waals surface area contributed by atoms with Crippen LogP contribution in [-0.4, -0.2) is 39.3 Å². The normalized spacial score (nSPS) is 11.5. The molecule has 1 aromatic heterocycles. The van der Waals surface area contributed by atoms with Crippen LogP contribution in [0.1, 0.15) is 41.7 Å². The van der Waals surface area contributed by atoms with Crippen molar-refractivity contribution in [1.82, 2.24) is 4.98 Å². The highest BCUT2D eigenvalue weighted by Gasteiger charge is 2.17. The van der Waals surface area contributed by atoms with E-state index in [0.717, 1.165) is 4.70 Å². The van der Waals surface area contributed by atoms with Gasteiger partial charge in [0, 0.05) is 11.3 Å². The van der Waals surface area contributed by atoms with E-state index in [0.29, 0.717) is 33.1 Å². The number of anilines is 1. The van der Waals surface area contributed by atoms with Gasteiger partial charge in [-0.2, -0.15) is 0 Å². The van der Waals surface area contributed by atoms with E-state index < -0.39 is 18.2 Å². The van der Waals surface area contributed by atoms with Gasteiger partial charge >= 0.3 is 5.97 Å². The molecule has 3 rings (SSSR count). The Hall–Kier alpha value is -3.01. The first-order valence-corrected chi connectivity index (χ1v) is 10.4. The predicted molar refractivity (Wildman–Crippen MR) is 118 cm³/mol. The zero-order chi connectivity index (χ0) is 22.6. The second kappa shape index (κ2) is 9.42. The third kappa shape index (κ3) is 6.24. The third-order valence-corrected chi connectivity index (χ3v) is 5.07. The van der Waals surface area contributed by atoms with E-state index in [1.807, 2.05) is 26.8 Å². The van der Waals surface area contributed by atoms with Crippen LogP contribution < -0.4 is 10.1 Å². The number of fused-ring (bicyclic) bond motifs is 1. The van der Waals surface area contributed by atoms with Crippen LogP contribution in [-0.2, 0) is 22.7 Å². The maximum absolute atomic E-state index is 12.9. The second-order valence-electron chi connectivity index (χ2n) is 7.82. The number of nitrogens with zero attached hydrogens (tertiary/aromatic N) is 1. The van der Waals surface area contributed by atoms with Crippen LogP contribution in [0.3, 0.4) is 0 Å². The summed E-state index contributed by atoms with van der Waals surface area (Å²) in [6.45, 7) is 5.06. The molecule has 2 aromatic carbocycles. The lowest BCUT2D eigenvalue weighted by molar-refractivity contribution is -0.142. The van der Waals surface area contributed by atoms with Gasteiger partial charge in [-0.1, -0.05) is 0 Å². The Bertz CT molecular complexity index is 1100. The molecule has 8 nitrogen and oxygen atoms in total. The number of thiazole rings is 1. The van der Waals surface area contributed by atoms with Gasteiger partial charge in [-0.25, -0.2) is 9.78 Å². The summed E-state index contributed by atoms with van der Waals surface area (Å²) < 4.78 is 12.0. The molecule has 3 aromatic rings. The molecule has 9 heteroatoms. The molecule has 0 saturated carbocycles. The third-order valence-electron chi connectivity index (χ3n) is 4.05. The number of carbonyl (C=O) groups is 2. The number of benzene rings is 2. The van der Waals surface area contributed by atoms with Crippen molar-refractivity contribution in [3.8, 4) is 5.75 Å². The number of aromatic nitrogens is 1. The lowest BCUT2D eigenvalue weighted by atomic mass is 10.1. The van der Waals surface area contributed by atoms with Crippen molar-refractivity contribution in [2.45, 2.75) is 39.6 Å². The van der Waals surface area contributed by atoms with Gasteiger partial charge < -0.3 is 25.0 Å². The topological polar surface area (TPSA) is 118 Å². The minimum atomic E-state index is -1.09. The van der Waals surface area contributed by atoms with Crippen LogP contribution in [0.4, 0.5) is 5.69 Å². The van der Waals surface area contributed by atoms with E-state index in [1.54, 1.807) is 30.3 Å². The first-order chi connectivity index (χ1) is 14.6. The van der Waals surface area contributed by atoms with Crippen molar-refractivity contribution in [3.05, 3.63) is 52.5 Å². The lowest BCUT2D eigenvalue weighted by Crippen LogP contribution is -2.23. The Morgan fingerprint density at radius 2 is 1.94 bits per heavy atom. The van der Waals surface area contributed by atoms with Crippen LogP contribution in [0.5, 0.6) is 5.75 Å². The van der Waals surface area contributed by atoms with Gasteiger partial charge in [-0.15, -0.1) is 11.3 Å². The smallest absolute Gasteiger partial charge is 0.329 e. The predicted octanol–water partition coefficient (Wildman–Crippen LogP) is 3.82. The number of carboxylic acids is 1. The summed E-state index contributed by atoms with van der Waals surface area (Å²) in [4.78, 5) is 28.0. The fourth-order valence-corrected chi connectivity index (χ4v) is 3.70. The fraction of sp³-hybridized carbons (Fsp3) is 0.318. The summed E-state index contributed by atoms with van der Waals surface area (Å²) in [5.74, 6) is -0.904. The molecule has 0 unspecified atom stereocenters. The molecule has 0 spiro atoms. The van der Waals surface area contributed by atoms with Crippen molar-refractivity contribution in [1.29, 1.82) is 0 Å². The van der Waals surface area contributed by atoms with Gasteiger partial charge in [-0.3, -0.25) is 4.79 Å². The van der Waals surface area contributed by atoms with Crippen LogP contribution in [0.25, 0.3) is 10.2 Å². The molecule has 0 atom stereocenters. The molecule has 164 valence electrons. The number of aliphatic hydroxyl groups excluding tert-OH is 1. The standard InChI is InChI=1S/C22H24N2O6S/c1-22(2,3)30-15-5-6-16(13(8-15)11-29-12-20(26)27)21(28)23-14-4-7-18-17(9-14)24-19(10-25)31-18/h4-9,25H,10-12H2,1-3H3,(H,23,28)(H,26,27). The van der Waals surface area contributed by atoms with Crippen molar-refractivity contribution < 1.29 is 29.3 Å². The summed E-state index contributed by atoms with van der Waals surface area (Å²) in [7, 11) is 0. The molecule has 0 fully saturated rings. The Labute approximate surface area is 183 Å². The maximum atomic E-state index is 12.9. The van der Waals surface area contributed by atoms with Crippen LogP contribution in [0.15, 0.2) is 36.4 Å². The van der Waals surface area contributed by atoms with E-state index in [4.69, 9.17) is 14.6 Å². The number of nitrogens with one attached hydrogen (secondary N) is 1. The van der Waals surface area contributed by atoms with Crippen molar-refractivity contribution in [2.75, 3.05) is 11.9 Å². The number of amides is 1. The first kappa shape index (κ1) is 22.7. The van der Waals surface area contributed by atoms with Gasteiger partial charge in [0.25, 0.3) is 5.91 Å². The number of aliphatic hydroxyl groups is 1. The zero-order valence-electron chi connectivity index (χ0n) is 17.5. The number of hydrogen-bond donors (Lipinski definition) is 3. The van der Waals surface area contributed by atoms with E-state index in [1.165, 1.54) is 11.3 Å². The SMILES string of the molecule is CC(C)(C)Oc1ccc(C(=O)Nc2ccc3sc(CO)nc3c2)c(COCC(=O)O)c1. The van der Waals surface area contributed by atoms with E-state index >= 15 is 0 Å². The zero-order valence-corrected chi connectivity index (χ0v) is 18.3. The molecule has 0 aliphatic heterocycles. The summed E-state index contributed by atoms with van der Waals surface area (Å²) in [5.41, 5.74) is 1.67. The average molecular weight is 445 g/mol. The van der Waals surface area contributed by atoms with Crippen molar-refractivity contribution in [2.24, 2.45) is 0 Å². The fourth-order valence-electron chi connectivity index (χ4n) is 2.90. The minimum absolute atomic E-state index is 0.0542. The summed E-state index contributed by atoms with van der Waals surface area (Å²) >= 11 is 1.39. The van der Waals surface area contributed by atoms with Gasteiger partial charge in [-0.05, 0) is 62.7 Å². The molecule has 1 amide bonds. The maximum Gasteiger partial charge on any atom is 0.329 e. The van der Waals surface area contributed by atoms with Crippen LogP contribution >= 0.6 is 11.3 Å². The Morgan fingerprint density at radius 1 is 1.16 bits per heavy atom. The largest absolute Gasteiger partial charge is 0.488 e. The number of hydrogen-bond acceptors (Lipinski definition) is 7. The highest BCUT2D eigenvalue weighted by Crippen LogP contribution is 2.27. The van der Waals surface area contributed by atoms with E-state index in [2.05, 4.69) is 10.3 Å². The number of ether oxygens (including phenoxy) is 2. The molecule has 0 radical (unpaired) electrons. The van der Waals surface area contributed by atoms with Gasteiger partial charge in [0.1, 0.15) is 23.0 Å². The molecule has 0 aliphatic carbocycles. The molecule has 0 bridgehead atoms. The average Bonchev–Trinajstić information content (AvgIpc) is 3.09. The molecule has 3 N–H and O–H groups in total.